The molecule has 0 spiro atoms. The summed E-state index contributed by atoms with van der Waals surface area (Å²) in [6, 6.07) is 6.60. The molecule has 0 amide bonds. The van der Waals surface area contributed by atoms with Crippen molar-refractivity contribution in [3.05, 3.63) is 34.9 Å². The van der Waals surface area contributed by atoms with Gasteiger partial charge < -0.3 is 5.32 Å². The highest BCUT2D eigenvalue weighted by molar-refractivity contribution is 5.34. The maximum atomic E-state index is 12.8. The van der Waals surface area contributed by atoms with Crippen LogP contribution in [0.15, 0.2) is 18.2 Å². The first-order valence-corrected chi connectivity index (χ1v) is 9.02. The number of alkyl halides is 3. The van der Waals surface area contributed by atoms with E-state index in [1.165, 1.54) is 16.7 Å². The molecule has 2 heterocycles. The number of rotatable bonds is 3. The smallest absolute Gasteiger partial charge is 0.317 e. The van der Waals surface area contributed by atoms with E-state index in [2.05, 4.69) is 35.3 Å². The number of halogens is 3. The molecule has 5 heteroatoms. The van der Waals surface area contributed by atoms with E-state index in [9.17, 15) is 13.2 Å². The molecule has 2 fully saturated rings. The monoisotopic (exact) mass is 340 g/mol. The lowest BCUT2D eigenvalue weighted by Crippen LogP contribution is -2.38. The SMILES string of the molecule is Cc1ccc(CN2CCC(C(F)(F)F)CC2)c(C2CCNCC2)c1. The zero-order valence-electron chi connectivity index (χ0n) is 14.3. The predicted octanol–water partition coefficient (Wildman–Crippen LogP) is 4.24. The Balaban J connectivity index is 1.67. The zero-order valence-corrected chi connectivity index (χ0v) is 14.3. The second-order valence-corrected chi connectivity index (χ2v) is 7.32. The summed E-state index contributed by atoms with van der Waals surface area (Å²) >= 11 is 0. The molecule has 0 aromatic heterocycles. The van der Waals surface area contributed by atoms with Gasteiger partial charge in [0.1, 0.15) is 0 Å². The molecule has 2 aliphatic rings. The lowest BCUT2D eigenvalue weighted by Gasteiger charge is -2.34. The van der Waals surface area contributed by atoms with Crippen LogP contribution in [0.2, 0.25) is 0 Å². The largest absolute Gasteiger partial charge is 0.391 e. The van der Waals surface area contributed by atoms with Crippen LogP contribution in [0.1, 0.15) is 48.3 Å². The maximum absolute atomic E-state index is 12.8. The summed E-state index contributed by atoms with van der Waals surface area (Å²) in [5.41, 5.74) is 3.98. The lowest BCUT2D eigenvalue weighted by molar-refractivity contribution is -0.185. The molecule has 2 nitrogen and oxygen atoms in total. The van der Waals surface area contributed by atoms with E-state index in [0.717, 1.165) is 32.5 Å². The van der Waals surface area contributed by atoms with Gasteiger partial charge in [-0.3, -0.25) is 4.90 Å². The highest BCUT2D eigenvalue weighted by Gasteiger charge is 2.41. The third-order valence-corrected chi connectivity index (χ3v) is 5.52. The summed E-state index contributed by atoms with van der Waals surface area (Å²) < 4.78 is 38.5. The van der Waals surface area contributed by atoms with Crippen LogP contribution in [0.25, 0.3) is 0 Å². The second-order valence-electron chi connectivity index (χ2n) is 7.32. The number of benzene rings is 1. The minimum Gasteiger partial charge on any atom is -0.317 e. The molecule has 24 heavy (non-hydrogen) atoms. The molecule has 134 valence electrons. The molecule has 0 aliphatic carbocycles. The molecule has 2 saturated heterocycles. The number of hydrogen-bond acceptors (Lipinski definition) is 2. The van der Waals surface area contributed by atoms with Gasteiger partial charge in [-0.05, 0) is 75.8 Å². The Bertz CT molecular complexity index is 542. The quantitative estimate of drug-likeness (QED) is 0.885. The Hall–Kier alpha value is -1.07. The van der Waals surface area contributed by atoms with E-state index in [4.69, 9.17) is 0 Å². The fourth-order valence-corrected chi connectivity index (χ4v) is 4.03. The average molecular weight is 340 g/mol. The van der Waals surface area contributed by atoms with Crippen molar-refractivity contribution in [3.63, 3.8) is 0 Å². The number of hydrogen-bond donors (Lipinski definition) is 1. The summed E-state index contributed by atoms with van der Waals surface area (Å²) in [5, 5.41) is 3.40. The molecule has 0 unspecified atom stereocenters. The van der Waals surface area contributed by atoms with Crippen LogP contribution >= 0.6 is 0 Å². The van der Waals surface area contributed by atoms with Crippen molar-refractivity contribution >= 4 is 0 Å². The van der Waals surface area contributed by atoms with Gasteiger partial charge >= 0.3 is 6.18 Å². The van der Waals surface area contributed by atoms with E-state index in [-0.39, 0.29) is 12.8 Å². The van der Waals surface area contributed by atoms with E-state index in [0.29, 0.717) is 19.0 Å². The van der Waals surface area contributed by atoms with Crippen molar-refractivity contribution in [3.8, 4) is 0 Å². The topological polar surface area (TPSA) is 15.3 Å². The fraction of sp³-hybridized carbons (Fsp3) is 0.684. The zero-order chi connectivity index (χ0) is 17.2. The Morgan fingerprint density at radius 1 is 1.08 bits per heavy atom. The maximum Gasteiger partial charge on any atom is 0.391 e. The lowest BCUT2D eigenvalue weighted by atomic mass is 9.85. The highest BCUT2D eigenvalue weighted by Crippen LogP contribution is 2.35. The first-order valence-electron chi connectivity index (χ1n) is 9.02. The molecule has 1 aromatic rings. The Morgan fingerprint density at radius 3 is 2.38 bits per heavy atom. The normalized spacial score (nSPS) is 22.0. The Labute approximate surface area is 142 Å². The van der Waals surface area contributed by atoms with Crippen molar-refractivity contribution in [1.29, 1.82) is 0 Å². The summed E-state index contributed by atoms with van der Waals surface area (Å²) in [4.78, 5) is 2.19. The average Bonchev–Trinajstić information content (AvgIpc) is 2.57. The fourth-order valence-electron chi connectivity index (χ4n) is 4.03. The van der Waals surface area contributed by atoms with E-state index in [1.807, 2.05) is 0 Å². The van der Waals surface area contributed by atoms with Crippen LogP contribution in [0.4, 0.5) is 13.2 Å². The van der Waals surface area contributed by atoms with Crippen molar-refractivity contribution in [2.75, 3.05) is 26.2 Å². The first kappa shape index (κ1) is 17.7. The predicted molar refractivity (Wildman–Crippen MR) is 90.1 cm³/mol. The summed E-state index contributed by atoms with van der Waals surface area (Å²) in [5.74, 6) is -0.537. The molecular weight excluding hydrogens is 313 g/mol. The first-order chi connectivity index (χ1) is 11.4. The molecule has 0 bridgehead atoms. The summed E-state index contributed by atoms with van der Waals surface area (Å²) in [6.07, 6.45) is -1.27. The molecule has 2 aliphatic heterocycles. The Morgan fingerprint density at radius 2 is 1.75 bits per heavy atom. The van der Waals surface area contributed by atoms with Gasteiger partial charge in [0.05, 0.1) is 5.92 Å². The minimum absolute atomic E-state index is 0.234. The van der Waals surface area contributed by atoms with Crippen LogP contribution in [0.3, 0.4) is 0 Å². The number of aryl methyl sites for hydroxylation is 1. The van der Waals surface area contributed by atoms with Gasteiger partial charge in [-0.25, -0.2) is 0 Å². The van der Waals surface area contributed by atoms with Gasteiger partial charge in [-0.1, -0.05) is 23.8 Å². The molecule has 0 atom stereocenters. The number of piperidine rings is 2. The molecule has 1 aromatic carbocycles. The number of nitrogens with one attached hydrogen (secondary N) is 1. The van der Waals surface area contributed by atoms with Crippen molar-refractivity contribution < 1.29 is 13.2 Å². The van der Waals surface area contributed by atoms with Gasteiger partial charge in [0.2, 0.25) is 0 Å². The van der Waals surface area contributed by atoms with Gasteiger partial charge in [0, 0.05) is 6.54 Å². The molecule has 3 rings (SSSR count). The third kappa shape index (κ3) is 4.31. The van der Waals surface area contributed by atoms with Gasteiger partial charge in [0.25, 0.3) is 0 Å². The Kier molecular flexibility index (Phi) is 5.50. The minimum atomic E-state index is -4.03. The van der Waals surface area contributed by atoms with Gasteiger partial charge in [0.15, 0.2) is 0 Å². The molecule has 0 saturated carbocycles. The third-order valence-electron chi connectivity index (χ3n) is 5.52. The van der Waals surface area contributed by atoms with Crippen LogP contribution < -0.4 is 5.32 Å². The van der Waals surface area contributed by atoms with Crippen LogP contribution in [0, 0.1) is 12.8 Å². The molecule has 0 radical (unpaired) electrons. The van der Waals surface area contributed by atoms with Crippen LogP contribution in [-0.2, 0) is 6.54 Å². The van der Waals surface area contributed by atoms with Gasteiger partial charge in [-0.2, -0.15) is 13.2 Å². The highest BCUT2D eigenvalue weighted by atomic mass is 19.4. The van der Waals surface area contributed by atoms with Crippen molar-refractivity contribution in [2.45, 2.75) is 51.2 Å². The summed E-state index contributed by atoms with van der Waals surface area (Å²) in [7, 11) is 0. The standard InChI is InChI=1S/C19H27F3N2/c1-14-2-3-16(18(12-14)15-4-8-23-9-5-15)13-24-10-6-17(7-11-24)19(20,21)22/h2-3,12,15,17,23H,4-11,13H2,1H3. The summed E-state index contributed by atoms with van der Waals surface area (Å²) in [6.45, 7) is 6.09. The van der Waals surface area contributed by atoms with Crippen molar-refractivity contribution in [2.24, 2.45) is 5.92 Å². The van der Waals surface area contributed by atoms with Crippen LogP contribution in [-0.4, -0.2) is 37.3 Å². The molecule has 1 N–H and O–H groups in total. The van der Waals surface area contributed by atoms with Gasteiger partial charge in [-0.15, -0.1) is 0 Å². The van der Waals surface area contributed by atoms with Crippen LogP contribution in [0.5, 0.6) is 0 Å². The van der Waals surface area contributed by atoms with E-state index in [1.54, 1.807) is 0 Å². The molecular formula is C19H27F3N2. The number of likely N-dealkylation sites (tertiary alicyclic amines) is 1. The van der Waals surface area contributed by atoms with E-state index < -0.39 is 12.1 Å². The number of nitrogens with zero attached hydrogens (tertiary/aromatic N) is 1. The van der Waals surface area contributed by atoms with Crippen molar-refractivity contribution in [1.82, 2.24) is 10.2 Å². The second kappa shape index (κ2) is 7.44. The van der Waals surface area contributed by atoms with E-state index >= 15 is 0 Å².